The molecule has 1 saturated heterocycles. The second-order valence-electron chi connectivity index (χ2n) is 6.87. The number of rotatable bonds is 3. The monoisotopic (exact) mass is 391 g/mol. The first-order valence-corrected chi connectivity index (χ1v) is 8.47. The molecular formula is C17H21ClF3N3O2. The Hall–Kier alpha value is -1.80. The van der Waals surface area contributed by atoms with E-state index in [0.717, 1.165) is 12.1 Å². The van der Waals surface area contributed by atoms with Crippen LogP contribution in [0.1, 0.15) is 19.4 Å². The second-order valence-corrected chi connectivity index (χ2v) is 7.27. The zero-order chi connectivity index (χ0) is 19.7. The van der Waals surface area contributed by atoms with Crippen molar-refractivity contribution in [2.75, 3.05) is 38.5 Å². The molecule has 0 unspecified atom stereocenters. The van der Waals surface area contributed by atoms with Crippen LogP contribution in [0.4, 0.5) is 18.9 Å². The minimum atomic E-state index is -4.64. The lowest BCUT2D eigenvalue weighted by molar-refractivity contribution is -0.147. The van der Waals surface area contributed by atoms with Gasteiger partial charge in [0.05, 0.1) is 10.6 Å². The molecule has 0 bridgehead atoms. The number of halogens is 4. The average Bonchev–Trinajstić information content (AvgIpc) is 2.55. The van der Waals surface area contributed by atoms with Gasteiger partial charge in [-0.25, -0.2) is 0 Å². The summed E-state index contributed by atoms with van der Waals surface area (Å²) in [5, 5.41) is 1.94. The van der Waals surface area contributed by atoms with E-state index in [0.29, 0.717) is 26.2 Å². The minimum Gasteiger partial charge on any atom is -0.339 e. The van der Waals surface area contributed by atoms with E-state index in [1.807, 2.05) is 7.05 Å². The molecule has 5 nitrogen and oxygen atoms in total. The van der Waals surface area contributed by atoms with Crippen LogP contribution in [-0.4, -0.2) is 54.8 Å². The molecule has 0 aromatic heterocycles. The molecule has 1 aliphatic heterocycles. The van der Waals surface area contributed by atoms with Crippen LogP contribution in [0, 0.1) is 5.41 Å². The van der Waals surface area contributed by atoms with Gasteiger partial charge in [0.15, 0.2) is 0 Å². The molecule has 9 heteroatoms. The molecule has 26 heavy (non-hydrogen) atoms. The molecule has 0 saturated carbocycles. The van der Waals surface area contributed by atoms with Gasteiger partial charge in [0.25, 0.3) is 0 Å². The molecule has 1 aromatic carbocycles. The predicted octanol–water partition coefficient (Wildman–Crippen LogP) is 3.10. The Balaban J connectivity index is 2.14. The van der Waals surface area contributed by atoms with Crippen molar-refractivity contribution in [1.29, 1.82) is 0 Å². The Morgan fingerprint density at radius 1 is 1.12 bits per heavy atom. The number of hydrogen-bond acceptors (Lipinski definition) is 3. The number of likely N-dealkylation sites (N-methyl/N-ethyl adjacent to an activating group) is 1. The van der Waals surface area contributed by atoms with E-state index in [1.54, 1.807) is 4.90 Å². The van der Waals surface area contributed by atoms with E-state index in [9.17, 15) is 22.8 Å². The van der Waals surface area contributed by atoms with Crippen LogP contribution in [0.15, 0.2) is 18.2 Å². The Bertz CT molecular complexity index is 699. The number of nitrogens with zero attached hydrogens (tertiary/aromatic N) is 2. The molecule has 1 aromatic rings. The molecular weight excluding hydrogens is 371 g/mol. The average molecular weight is 392 g/mol. The van der Waals surface area contributed by atoms with Crippen molar-refractivity contribution < 1.29 is 22.8 Å². The summed E-state index contributed by atoms with van der Waals surface area (Å²) in [5.41, 5.74) is -2.51. The summed E-state index contributed by atoms with van der Waals surface area (Å²) in [6, 6.07) is 3.10. The van der Waals surface area contributed by atoms with Crippen LogP contribution in [0.25, 0.3) is 0 Å². The number of carbonyl (C=O) groups is 2. The van der Waals surface area contributed by atoms with Gasteiger partial charge in [-0.2, -0.15) is 13.2 Å². The van der Waals surface area contributed by atoms with Crippen molar-refractivity contribution in [2.24, 2.45) is 5.41 Å². The van der Waals surface area contributed by atoms with E-state index in [-0.39, 0.29) is 11.6 Å². The molecule has 144 valence electrons. The van der Waals surface area contributed by atoms with Gasteiger partial charge in [-0.15, -0.1) is 0 Å². The number of hydrogen-bond donors (Lipinski definition) is 1. The summed E-state index contributed by atoms with van der Waals surface area (Å²) in [5.74, 6) is -1.02. The maximum atomic E-state index is 12.9. The standard InChI is InChI=1S/C17H21ClF3N3O2/c1-16(2,15(26)24-8-6-23(3)7-9-24)14(25)22-11-4-5-13(18)12(10-11)17(19,20)21/h4-5,10H,6-9H2,1-3H3,(H,22,25). The van der Waals surface area contributed by atoms with E-state index in [2.05, 4.69) is 10.2 Å². The molecule has 2 amide bonds. The highest BCUT2D eigenvalue weighted by molar-refractivity contribution is 6.31. The van der Waals surface area contributed by atoms with E-state index in [1.165, 1.54) is 19.9 Å². The van der Waals surface area contributed by atoms with Crippen LogP contribution in [0.3, 0.4) is 0 Å². The molecule has 0 spiro atoms. The molecule has 1 heterocycles. The van der Waals surface area contributed by atoms with Crippen LogP contribution in [-0.2, 0) is 15.8 Å². The number of anilines is 1. The quantitative estimate of drug-likeness (QED) is 0.805. The van der Waals surface area contributed by atoms with E-state index < -0.39 is 28.1 Å². The first kappa shape index (κ1) is 20.5. The van der Waals surface area contributed by atoms with Crippen LogP contribution >= 0.6 is 11.6 Å². The number of carbonyl (C=O) groups excluding carboxylic acids is 2. The van der Waals surface area contributed by atoms with Crippen molar-refractivity contribution >= 4 is 29.1 Å². The zero-order valence-corrected chi connectivity index (χ0v) is 15.5. The number of benzene rings is 1. The van der Waals surface area contributed by atoms with Crippen molar-refractivity contribution in [1.82, 2.24) is 9.80 Å². The Morgan fingerprint density at radius 2 is 1.69 bits per heavy atom. The summed E-state index contributed by atoms with van der Waals surface area (Å²) in [6.45, 7) is 5.34. The lowest BCUT2D eigenvalue weighted by Crippen LogP contribution is -2.53. The van der Waals surface area contributed by atoms with Gasteiger partial charge in [0.1, 0.15) is 5.41 Å². The smallest absolute Gasteiger partial charge is 0.339 e. The fourth-order valence-corrected chi connectivity index (χ4v) is 2.83. The maximum absolute atomic E-state index is 12.9. The van der Waals surface area contributed by atoms with Crippen LogP contribution < -0.4 is 5.32 Å². The lowest BCUT2D eigenvalue weighted by Gasteiger charge is -2.36. The number of alkyl halides is 3. The number of nitrogens with one attached hydrogen (secondary N) is 1. The normalized spacial score (nSPS) is 16.5. The molecule has 0 aliphatic carbocycles. The third-order valence-electron chi connectivity index (χ3n) is 4.42. The highest BCUT2D eigenvalue weighted by Gasteiger charge is 2.40. The summed E-state index contributed by atoms with van der Waals surface area (Å²) in [4.78, 5) is 28.9. The second kappa shape index (κ2) is 7.44. The largest absolute Gasteiger partial charge is 0.417 e. The highest BCUT2D eigenvalue weighted by Crippen LogP contribution is 2.36. The fraction of sp³-hybridized carbons (Fsp3) is 0.529. The zero-order valence-electron chi connectivity index (χ0n) is 14.8. The molecule has 2 rings (SSSR count). The predicted molar refractivity (Wildman–Crippen MR) is 92.9 cm³/mol. The van der Waals surface area contributed by atoms with Gasteiger partial charge < -0.3 is 15.1 Å². The van der Waals surface area contributed by atoms with E-state index >= 15 is 0 Å². The molecule has 0 radical (unpaired) electrons. The van der Waals surface area contributed by atoms with E-state index in [4.69, 9.17) is 11.6 Å². The summed E-state index contributed by atoms with van der Waals surface area (Å²) in [6.07, 6.45) is -4.64. The van der Waals surface area contributed by atoms with Crippen molar-refractivity contribution in [3.05, 3.63) is 28.8 Å². The molecule has 1 N–H and O–H groups in total. The maximum Gasteiger partial charge on any atom is 0.417 e. The Morgan fingerprint density at radius 3 is 2.23 bits per heavy atom. The highest BCUT2D eigenvalue weighted by atomic mass is 35.5. The third-order valence-corrected chi connectivity index (χ3v) is 4.75. The van der Waals surface area contributed by atoms with Crippen LogP contribution in [0.5, 0.6) is 0 Å². The van der Waals surface area contributed by atoms with Gasteiger partial charge in [-0.3, -0.25) is 9.59 Å². The third kappa shape index (κ3) is 4.48. The lowest BCUT2D eigenvalue weighted by atomic mass is 9.89. The SMILES string of the molecule is CN1CCN(C(=O)C(C)(C)C(=O)Nc2ccc(Cl)c(C(F)(F)F)c2)CC1. The number of piperazine rings is 1. The van der Waals surface area contributed by atoms with Gasteiger partial charge >= 0.3 is 6.18 Å². The van der Waals surface area contributed by atoms with Crippen molar-refractivity contribution in [3.8, 4) is 0 Å². The topological polar surface area (TPSA) is 52.7 Å². The first-order chi connectivity index (χ1) is 11.9. The molecule has 0 atom stereocenters. The van der Waals surface area contributed by atoms with Gasteiger partial charge in [-0.1, -0.05) is 11.6 Å². The number of amides is 2. The molecule has 1 aliphatic rings. The summed E-state index contributed by atoms with van der Waals surface area (Å²) in [7, 11) is 1.94. The van der Waals surface area contributed by atoms with Gasteiger partial charge in [-0.05, 0) is 39.1 Å². The summed E-state index contributed by atoms with van der Waals surface area (Å²) < 4.78 is 38.8. The summed E-state index contributed by atoms with van der Waals surface area (Å²) >= 11 is 5.57. The minimum absolute atomic E-state index is 0.0639. The van der Waals surface area contributed by atoms with Crippen molar-refractivity contribution in [3.63, 3.8) is 0 Å². The fourth-order valence-electron chi connectivity index (χ4n) is 2.61. The van der Waals surface area contributed by atoms with Gasteiger partial charge in [0, 0.05) is 31.9 Å². The Kier molecular flexibility index (Phi) is 5.87. The van der Waals surface area contributed by atoms with Crippen molar-refractivity contribution in [2.45, 2.75) is 20.0 Å². The molecule has 1 fully saturated rings. The van der Waals surface area contributed by atoms with Gasteiger partial charge in [0.2, 0.25) is 11.8 Å². The van der Waals surface area contributed by atoms with Crippen LogP contribution in [0.2, 0.25) is 5.02 Å². The first-order valence-electron chi connectivity index (χ1n) is 8.09. The Labute approximate surface area is 155 Å².